The first kappa shape index (κ1) is 22.8. The predicted molar refractivity (Wildman–Crippen MR) is 119 cm³/mol. The summed E-state index contributed by atoms with van der Waals surface area (Å²) in [5.74, 6) is 11.6. The number of hydrazine groups is 1. The summed E-state index contributed by atoms with van der Waals surface area (Å²) < 4.78 is 33.8. The van der Waals surface area contributed by atoms with Crippen LogP contribution in [0.2, 0.25) is 0 Å². The number of amidine groups is 2. The molecule has 9 nitrogen and oxygen atoms in total. The van der Waals surface area contributed by atoms with E-state index in [0.717, 1.165) is 25.2 Å². The van der Waals surface area contributed by atoms with Crippen molar-refractivity contribution < 1.29 is 13.5 Å². The minimum atomic E-state index is -0.663. The van der Waals surface area contributed by atoms with Gasteiger partial charge in [-0.1, -0.05) is 0 Å². The molecule has 2 saturated heterocycles. The van der Waals surface area contributed by atoms with E-state index in [2.05, 4.69) is 28.7 Å². The van der Waals surface area contributed by atoms with Gasteiger partial charge in [0.15, 0.2) is 5.84 Å². The highest BCUT2D eigenvalue weighted by molar-refractivity contribution is 6.40. The number of hydrazone groups is 1. The molecule has 1 aromatic rings. The first-order valence-electron chi connectivity index (χ1n) is 10.9. The van der Waals surface area contributed by atoms with Crippen molar-refractivity contribution >= 4 is 11.7 Å². The van der Waals surface area contributed by atoms with Gasteiger partial charge in [-0.05, 0) is 38.5 Å². The van der Waals surface area contributed by atoms with E-state index in [4.69, 9.17) is 27.1 Å². The second-order valence-corrected chi connectivity index (χ2v) is 9.08. The summed E-state index contributed by atoms with van der Waals surface area (Å²) in [6.45, 7) is 6.12. The number of likely N-dealkylation sites (N-methyl/N-ethyl adjacent to an activating group) is 1. The smallest absolute Gasteiger partial charge is 0.204 e. The van der Waals surface area contributed by atoms with Crippen LogP contribution in [0.3, 0.4) is 0 Å². The standard InChI is InChI=1S/C21H32F2N8O/c1-11(2)31-18-9-30(8-17(18)27-20(31)21(28-25)29(3)26)13-7-16(24)19(32-10-13)14-6-12(22)4-5-15(14)23/h4-6,11,13,16-19H,7-10,24-26H2,1-3H3/b28-21-/t13?,16?,17?,18?,19-/m1/s1. The van der Waals surface area contributed by atoms with Gasteiger partial charge in [-0.25, -0.2) is 14.6 Å². The van der Waals surface area contributed by atoms with Crippen molar-refractivity contribution in [3.63, 3.8) is 0 Å². The maximum atomic E-state index is 14.2. The van der Waals surface area contributed by atoms with Crippen molar-refractivity contribution in [3.05, 3.63) is 35.4 Å². The van der Waals surface area contributed by atoms with Crippen LogP contribution in [0.4, 0.5) is 8.78 Å². The van der Waals surface area contributed by atoms with Crippen LogP contribution < -0.4 is 17.4 Å². The fourth-order valence-corrected chi connectivity index (χ4v) is 5.14. The molecule has 4 rings (SSSR count). The molecule has 3 aliphatic rings. The number of nitrogens with two attached hydrogens (primary N) is 3. The number of nitrogens with zero attached hydrogens (tertiary/aromatic N) is 5. The van der Waals surface area contributed by atoms with Crippen LogP contribution in [0.15, 0.2) is 28.3 Å². The minimum absolute atomic E-state index is 0.0544. The lowest BCUT2D eigenvalue weighted by Crippen LogP contribution is -2.53. The van der Waals surface area contributed by atoms with E-state index >= 15 is 0 Å². The molecule has 1 aromatic carbocycles. The zero-order chi connectivity index (χ0) is 23.2. The van der Waals surface area contributed by atoms with E-state index in [-0.39, 0.29) is 29.7 Å². The quantitative estimate of drug-likeness (QED) is 0.262. The maximum Gasteiger partial charge on any atom is 0.204 e. The van der Waals surface area contributed by atoms with Crippen molar-refractivity contribution in [2.45, 2.75) is 56.6 Å². The molecule has 4 unspecified atom stereocenters. The third-order valence-electron chi connectivity index (χ3n) is 6.57. The molecule has 2 fully saturated rings. The van der Waals surface area contributed by atoms with Crippen molar-refractivity contribution in [1.82, 2.24) is 14.8 Å². The highest BCUT2D eigenvalue weighted by Gasteiger charge is 2.48. The molecular weight excluding hydrogens is 418 g/mol. The van der Waals surface area contributed by atoms with E-state index in [1.807, 2.05) is 0 Å². The Morgan fingerprint density at radius 3 is 2.69 bits per heavy atom. The highest BCUT2D eigenvalue weighted by atomic mass is 19.1. The molecular formula is C21H32F2N8O. The molecule has 3 aliphatic heterocycles. The van der Waals surface area contributed by atoms with Crippen LogP contribution in [0.5, 0.6) is 0 Å². The van der Waals surface area contributed by atoms with E-state index in [1.165, 1.54) is 11.1 Å². The molecule has 0 aliphatic carbocycles. The lowest BCUT2D eigenvalue weighted by Gasteiger charge is -2.39. The maximum absolute atomic E-state index is 14.2. The summed E-state index contributed by atoms with van der Waals surface area (Å²) in [5.41, 5.74) is 6.54. The largest absolute Gasteiger partial charge is 0.370 e. The van der Waals surface area contributed by atoms with Gasteiger partial charge in [-0.15, -0.1) is 0 Å². The van der Waals surface area contributed by atoms with E-state index in [1.54, 1.807) is 7.05 Å². The van der Waals surface area contributed by atoms with Gasteiger partial charge in [0.2, 0.25) is 5.84 Å². The molecule has 6 N–H and O–H groups in total. The molecule has 176 valence electrons. The number of aliphatic imine (C=N–C) groups is 1. The number of halogens is 2. The Bertz CT molecular complexity index is 908. The molecule has 5 atom stereocenters. The van der Waals surface area contributed by atoms with Crippen molar-refractivity contribution in [1.29, 1.82) is 0 Å². The minimum Gasteiger partial charge on any atom is -0.370 e. The van der Waals surface area contributed by atoms with Crippen molar-refractivity contribution in [2.24, 2.45) is 27.5 Å². The Balaban J connectivity index is 1.47. The number of ether oxygens (including phenoxy) is 1. The second-order valence-electron chi connectivity index (χ2n) is 9.08. The predicted octanol–water partition coefficient (Wildman–Crippen LogP) is 0.375. The Morgan fingerprint density at radius 2 is 2.06 bits per heavy atom. The fourth-order valence-electron chi connectivity index (χ4n) is 5.14. The molecule has 0 bridgehead atoms. The molecule has 0 spiro atoms. The SMILES string of the molecule is CC(C)N1C(/C(=N/N)N(C)N)=NC2CN(C3CO[C@H](c4cc(F)ccc4F)C(N)C3)CC21. The Morgan fingerprint density at radius 1 is 1.31 bits per heavy atom. The third kappa shape index (κ3) is 4.05. The second kappa shape index (κ2) is 8.89. The Kier molecular flexibility index (Phi) is 6.35. The van der Waals surface area contributed by atoms with Gasteiger partial charge in [0.25, 0.3) is 0 Å². The van der Waals surface area contributed by atoms with Gasteiger partial charge >= 0.3 is 0 Å². The van der Waals surface area contributed by atoms with Gasteiger partial charge in [-0.3, -0.25) is 14.9 Å². The highest BCUT2D eigenvalue weighted by Crippen LogP contribution is 2.35. The summed E-state index contributed by atoms with van der Waals surface area (Å²) in [7, 11) is 1.69. The summed E-state index contributed by atoms with van der Waals surface area (Å²) in [6, 6.07) is 3.42. The van der Waals surface area contributed by atoms with Crippen LogP contribution in [-0.4, -0.2) is 83.4 Å². The third-order valence-corrected chi connectivity index (χ3v) is 6.57. The van der Waals surface area contributed by atoms with Gasteiger partial charge in [0.1, 0.15) is 17.7 Å². The number of rotatable bonds is 4. The molecule has 3 heterocycles. The van der Waals surface area contributed by atoms with Crippen LogP contribution in [-0.2, 0) is 4.74 Å². The number of hydrogen-bond donors (Lipinski definition) is 3. The molecule has 0 saturated carbocycles. The van der Waals surface area contributed by atoms with E-state index in [0.29, 0.717) is 24.7 Å². The van der Waals surface area contributed by atoms with Gasteiger partial charge in [0, 0.05) is 43.8 Å². The average molecular weight is 451 g/mol. The lowest BCUT2D eigenvalue weighted by atomic mass is 9.93. The van der Waals surface area contributed by atoms with Crippen LogP contribution in [0.1, 0.15) is 31.9 Å². The fraction of sp³-hybridized carbons (Fsp3) is 0.619. The summed E-state index contributed by atoms with van der Waals surface area (Å²) in [5, 5.41) is 5.22. The zero-order valence-corrected chi connectivity index (χ0v) is 18.7. The zero-order valence-electron chi connectivity index (χ0n) is 18.7. The van der Waals surface area contributed by atoms with Gasteiger partial charge < -0.3 is 21.2 Å². The van der Waals surface area contributed by atoms with Crippen LogP contribution in [0, 0.1) is 11.6 Å². The number of fused-ring (bicyclic) bond motifs is 1. The van der Waals surface area contributed by atoms with Gasteiger partial charge in [0.05, 0.1) is 18.7 Å². The summed E-state index contributed by atoms with van der Waals surface area (Å²) in [6.07, 6.45) is -0.0384. The molecule has 32 heavy (non-hydrogen) atoms. The molecule has 0 aromatic heterocycles. The molecule has 0 amide bonds. The summed E-state index contributed by atoms with van der Waals surface area (Å²) >= 11 is 0. The van der Waals surface area contributed by atoms with Crippen LogP contribution in [0.25, 0.3) is 0 Å². The lowest BCUT2D eigenvalue weighted by molar-refractivity contribution is -0.0481. The molecule has 0 radical (unpaired) electrons. The number of hydrogen-bond acceptors (Lipinski definition) is 8. The normalized spacial score (nSPS) is 31.2. The van der Waals surface area contributed by atoms with Crippen molar-refractivity contribution in [2.75, 3.05) is 26.7 Å². The van der Waals surface area contributed by atoms with Crippen LogP contribution >= 0.6 is 0 Å². The Hall–Kier alpha value is -2.34. The number of likely N-dealkylation sites (tertiary alicyclic amines) is 1. The van der Waals surface area contributed by atoms with E-state index in [9.17, 15) is 8.78 Å². The topological polar surface area (TPSA) is 122 Å². The monoisotopic (exact) mass is 450 g/mol. The first-order valence-corrected chi connectivity index (χ1v) is 10.9. The van der Waals surface area contributed by atoms with Crippen molar-refractivity contribution in [3.8, 4) is 0 Å². The Labute approximate surface area is 186 Å². The molecule has 11 heteroatoms. The first-order chi connectivity index (χ1) is 15.2. The summed E-state index contributed by atoms with van der Waals surface area (Å²) in [4.78, 5) is 9.44. The van der Waals surface area contributed by atoms with E-state index < -0.39 is 23.8 Å². The van der Waals surface area contributed by atoms with Gasteiger partial charge in [-0.2, -0.15) is 5.10 Å². The average Bonchev–Trinajstić information content (AvgIpc) is 3.28. The number of benzene rings is 1.